The zero-order valence-corrected chi connectivity index (χ0v) is 13.1. The molecule has 1 aromatic rings. The first-order valence-corrected chi connectivity index (χ1v) is 6.89. The van der Waals surface area contributed by atoms with Crippen molar-refractivity contribution >= 4 is 17.8 Å². The smallest absolute Gasteiger partial charge is 0.326 e. The fourth-order valence-electron chi connectivity index (χ4n) is 1.92. The van der Waals surface area contributed by atoms with E-state index in [9.17, 15) is 18.8 Å². The van der Waals surface area contributed by atoms with Crippen LogP contribution in [0.5, 0.6) is 5.75 Å². The van der Waals surface area contributed by atoms with Gasteiger partial charge in [-0.25, -0.2) is 9.18 Å². The van der Waals surface area contributed by atoms with Crippen LogP contribution in [0.2, 0.25) is 0 Å². The number of nitrogens with zero attached hydrogens (tertiary/aromatic N) is 1. The molecule has 0 radical (unpaired) electrons. The van der Waals surface area contributed by atoms with Crippen molar-refractivity contribution in [3.8, 4) is 5.75 Å². The summed E-state index contributed by atoms with van der Waals surface area (Å²) in [7, 11) is 1.30. The fourth-order valence-corrected chi connectivity index (χ4v) is 1.92. The number of carbonyl (C=O) groups is 3. The molecule has 0 aliphatic carbocycles. The van der Waals surface area contributed by atoms with Gasteiger partial charge in [0, 0.05) is 25.6 Å². The van der Waals surface area contributed by atoms with Gasteiger partial charge in [0.05, 0.1) is 7.11 Å². The highest BCUT2D eigenvalue weighted by Gasteiger charge is 2.26. The number of methoxy groups -OCH3 is 1. The minimum atomic E-state index is -1.20. The second kappa shape index (κ2) is 8.11. The monoisotopic (exact) mass is 326 g/mol. The number of carboxylic acids is 1. The highest BCUT2D eigenvalue weighted by Crippen LogP contribution is 2.19. The SMILES string of the molecule is COc1ccc(C(=O)N(CCNC(C)=O)C(C)C(=O)O)cc1F. The molecular weight excluding hydrogens is 307 g/mol. The number of ether oxygens (including phenoxy) is 1. The van der Waals surface area contributed by atoms with Crippen LogP contribution in [-0.2, 0) is 9.59 Å². The number of hydrogen-bond acceptors (Lipinski definition) is 4. The number of benzene rings is 1. The van der Waals surface area contributed by atoms with Gasteiger partial charge < -0.3 is 20.1 Å². The van der Waals surface area contributed by atoms with E-state index < -0.39 is 23.7 Å². The number of nitrogens with one attached hydrogen (secondary N) is 1. The number of carboxylic acid groups (broad SMARTS) is 1. The third-order valence-electron chi connectivity index (χ3n) is 3.21. The standard InChI is InChI=1S/C15H19FN2O5/c1-9(15(21)22)18(7-6-17-10(2)19)14(20)11-4-5-13(23-3)12(16)8-11/h4-5,8-9H,6-7H2,1-3H3,(H,17,19)(H,21,22). The van der Waals surface area contributed by atoms with E-state index >= 15 is 0 Å². The van der Waals surface area contributed by atoms with Crippen LogP contribution in [0.3, 0.4) is 0 Å². The van der Waals surface area contributed by atoms with E-state index in [4.69, 9.17) is 9.84 Å². The minimum absolute atomic E-state index is 0.000718. The van der Waals surface area contributed by atoms with Crippen molar-refractivity contribution in [1.29, 1.82) is 0 Å². The Balaban J connectivity index is 3.00. The van der Waals surface area contributed by atoms with E-state index in [-0.39, 0.29) is 30.3 Å². The summed E-state index contributed by atoms with van der Waals surface area (Å²) >= 11 is 0. The van der Waals surface area contributed by atoms with E-state index in [1.165, 1.54) is 33.1 Å². The summed E-state index contributed by atoms with van der Waals surface area (Å²) in [5, 5.41) is 11.6. The van der Waals surface area contributed by atoms with Gasteiger partial charge in [0.25, 0.3) is 5.91 Å². The van der Waals surface area contributed by atoms with Gasteiger partial charge in [0.1, 0.15) is 6.04 Å². The van der Waals surface area contributed by atoms with Gasteiger partial charge in [-0.05, 0) is 25.1 Å². The van der Waals surface area contributed by atoms with Crippen molar-refractivity contribution in [2.24, 2.45) is 0 Å². The Bertz CT molecular complexity index is 606. The van der Waals surface area contributed by atoms with Gasteiger partial charge in [0.15, 0.2) is 11.6 Å². The average Bonchev–Trinajstić information content (AvgIpc) is 2.49. The largest absolute Gasteiger partial charge is 0.494 e. The number of aliphatic carboxylic acids is 1. The molecule has 0 saturated carbocycles. The van der Waals surface area contributed by atoms with Gasteiger partial charge in [-0.1, -0.05) is 0 Å². The molecule has 0 bridgehead atoms. The van der Waals surface area contributed by atoms with Crippen molar-refractivity contribution in [2.75, 3.05) is 20.2 Å². The maximum absolute atomic E-state index is 13.7. The highest BCUT2D eigenvalue weighted by atomic mass is 19.1. The van der Waals surface area contributed by atoms with E-state index in [1.54, 1.807) is 0 Å². The van der Waals surface area contributed by atoms with E-state index in [0.29, 0.717) is 0 Å². The van der Waals surface area contributed by atoms with Crippen LogP contribution in [0.1, 0.15) is 24.2 Å². The molecule has 7 nitrogen and oxygen atoms in total. The lowest BCUT2D eigenvalue weighted by molar-refractivity contribution is -0.141. The molecule has 0 aliphatic heterocycles. The molecule has 8 heteroatoms. The topological polar surface area (TPSA) is 95.9 Å². The van der Waals surface area contributed by atoms with Gasteiger partial charge in [-0.2, -0.15) is 0 Å². The Kier molecular flexibility index (Phi) is 6.49. The van der Waals surface area contributed by atoms with Crippen LogP contribution in [0.4, 0.5) is 4.39 Å². The van der Waals surface area contributed by atoms with Crippen molar-refractivity contribution in [3.63, 3.8) is 0 Å². The quantitative estimate of drug-likeness (QED) is 0.776. The van der Waals surface area contributed by atoms with E-state index in [0.717, 1.165) is 11.0 Å². The Morgan fingerprint density at radius 3 is 2.52 bits per heavy atom. The zero-order chi connectivity index (χ0) is 17.6. The van der Waals surface area contributed by atoms with Crippen LogP contribution in [-0.4, -0.2) is 54.0 Å². The first kappa shape index (κ1) is 18.4. The van der Waals surface area contributed by atoms with Crippen LogP contribution < -0.4 is 10.1 Å². The molecule has 0 spiro atoms. The maximum atomic E-state index is 13.7. The van der Waals surface area contributed by atoms with E-state index in [2.05, 4.69) is 5.32 Å². The Hall–Kier alpha value is -2.64. The summed E-state index contributed by atoms with van der Waals surface area (Å²) in [6.07, 6.45) is 0. The number of carbonyl (C=O) groups excluding carboxylic acids is 2. The molecule has 2 N–H and O–H groups in total. The van der Waals surface area contributed by atoms with Crippen LogP contribution in [0, 0.1) is 5.82 Å². The molecule has 0 saturated heterocycles. The molecular formula is C15H19FN2O5. The first-order valence-electron chi connectivity index (χ1n) is 6.89. The van der Waals surface area contributed by atoms with E-state index in [1.807, 2.05) is 0 Å². The van der Waals surface area contributed by atoms with Crippen molar-refractivity contribution in [2.45, 2.75) is 19.9 Å². The van der Waals surface area contributed by atoms with Gasteiger partial charge in [-0.15, -0.1) is 0 Å². The number of halogens is 1. The van der Waals surface area contributed by atoms with Crippen molar-refractivity contribution in [3.05, 3.63) is 29.6 Å². The molecule has 1 unspecified atom stereocenters. The molecule has 1 atom stereocenters. The third kappa shape index (κ3) is 4.94. The predicted molar refractivity (Wildman–Crippen MR) is 79.8 cm³/mol. The van der Waals surface area contributed by atoms with Crippen molar-refractivity contribution in [1.82, 2.24) is 10.2 Å². The minimum Gasteiger partial charge on any atom is -0.494 e. The lowest BCUT2D eigenvalue weighted by Crippen LogP contribution is -2.46. The second-order valence-electron chi connectivity index (χ2n) is 4.85. The predicted octanol–water partition coefficient (Wildman–Crippen LogP) is 0.886. The molecule has 23 heavy (non-hydrogen) atoms. The highest BCUT2D eigenvalue weighted by molar-refractivity contribution is 5.96. The van der Waals surface area contributed by atoms with Gasteiger partial charge >= 0.3 is 5.97 Å². The summed E-state index contributed by atoms with van der Waals surface area (Å²) in [6, 6.07) is 2.51. The average molecular weight is 326 g/mol. The second-order valence-corrected chi connectivity index (χ2v) is 4.85. The summed E-state index contributed by atoms with van der Waals surface area (Å²) < 4.78 is 18.5. The molecule has 0 aliphatic rings. The van der Waals surface area contributed by atoms with Crippen molar-refractivity contribution < 1.29 is 28.6 Å². The molecule has 1 aromatic carbocycles. The van der Waals surface area contributed by atoms with Gasteiger partial charge in [-0.3, -0.25) is 9.59 Å². The molecule has 0 heterocycles. The normalized spacial score (nSPS) is 11.5. The third-order valence-corrected chi connectivity index (χ3v) is 3.21. The number of amides is 2. The summed E-state index contributed by atoms with van der Waals surface area (Å²) in [6.45, 7) is 2.73. The maximum Gasteiger partial charge on any atom is 0.326 e. The fraction of sp³-hybridized carbons (Fsp3) is 0.400. The van der Waals surface area contributed by atoms with Crippen LogP contribution in [0.15, 0.2) is 18.2 Å². The first-order chi connectivity index (χ1) is 10.8. The number of rotatable bonds is 7. The summed E-state index contributed by atoms with van der Waals surface area (Å²) in [5.41, 5.74) is -0.000718. The Labute approximate surface area is 133 Å². The molecule has 1 rings (SSSR count). The van der Waals surface area contributed by atoms with Crippen LogP contribution in [0.25, 0.3) is 0 Å². The van der Waals surface area contributed by atoms with Crippen LogP contribution >= 0.6 is 0 Å². The Morgan fingerprint density at radius 1 is 1.39 bits per heavy atom. The molecule has 126 valence electrons. The van der Waals surface area contributed by atoms with Gasteiger partial charge in [0.2, 0.25) is 5.91 Å². The summed E-state index contributed by atoms with van der Waals surface area (Å²) in [4.78, 5) is 35.6. The number of hydrogen-bond donors (Lipinski definition) is 2. The lowest BCUT2D eigenvalue weighted by atomic mass is 10.1. The zero-order valence-electron chi connectivity index (χ0n) is 13.1. The lowest BCUT2D eigenvalue weighted by Gasteiger charge is -2.26. The molecule has 0 aromatic heterocycles. The Morgan fingerprint density at radius 2 is 2.04 bits per heavy atom. The summed E-state index contributed by atoms with van der Waals surface area (Å²) in [5.74, 6) is -2.88. The molecule has 2 amide bonds. The molecule has 0 fully saturated rings.